The number of nitrogens with zero attached hydrogens (tertiary/aromatic N) is 3. The molecule has 26 heavy (non-hydrogen) atoms. The van der Waals surface area contributed by atoms with Gasteiger partial charge in [-0.2, -0.15) is 0 Å². The Morgan fingerprint density at radius 2 is 1.85 bits per heavy atom. The van der Waals surface area contributed by atoms with Gasteiger partial charge in [0.1, 0.15) is 5.82 Å². The largest absolute Gasteiger partial charge is 0.363 e. The Balaban J connectivity index is 1.74. The average molecular weight is 345 g/mol. The highest BCUT2D eigenvalue weighted by Gasteiger charge is 2.19. The standard InChI is InChI=1S/C21H23N5/c1-15(17-8-5-11-23-14-17)24-21-18-9-12-22-13-10-19(18)25-20(26-21)16-6-3-2-4-7-16/h2-8,11,14-15,22H,9-10,12-13H2,1H3,(H,24,25,26). The molecule has 1 aliphatic heterocycles. The third-order valence-electron chi connectivity index (χ3n) is 4.75. The predicted molar refractivity (Wildman–Crippen MR) is 104 cm³/mol. The molecule has 0 fully saturated rings. The average Bonchev–Trinajstić information content (AvgIpc) is 2.95. The third-order valence-corrected chi connectivity index (χ3v) is 4.75. The number of pyridine rings is 1. The lowest BCUT2D eigenvalue weighted by molar-refractivity contribution is 0.708. The highest BCUT2D eigenvalue weighted by molar-refractivity contribution is 5.60. The van der Waals surface area contributed by atoms with Crippen LogP contribution in [-0.2, 0) is 12.8 Å². The van der Waals surface area contributed by atoms with Gasteiger partial charge in [0.05, 0.1) is 11.7 Å². The molecule has 0 radical (unpaired) electrons. The van der Waals surface area contributed by atoms with Gasteiger partial charge in [-0.3, -0.25) is 4.98 Å². The van der Waals surface area contributed by atoms with E-state index in [9.17, 15) is 0 Å². The van der Waals surface area contributed by atoms with Crippen molar-refractivity contribution < 1.29 is 0 Å². The van der Waals surface area contributed by atoms with Gasteiger partial charge in [-0.15, -0.1) is 0 Å². The molecule has 0 aliphatic carbocycles. The van der Waals surface area contributed by atoms with Gasteiger partial charge in [0.15, 0.2) is 5.82 Å². The molecule has 1 aromatic carbocycles. The molecule has 4 rings (SSSR count). The molecule has 0 saturated carbocycles. The summed E-state index contributed by atoms with van der Waals surface area (Å²) in [5.41, 5.74) is 4.56. The molecule has 5 heteroatoms. The minimum absolute atomic E-state index is 0.127. The van der Waals surface area contributed by atoms with Crippen LogP contribution in [0, 0.1) is 0 Å². The number of benzene rings is 1. The Hall–Kier alpha value is -2.79. The number of rotatable bonds is 4. The molecule has 2 aromatic heterocycles. The highest BCUT2D eigenvalue weighted by Crippen LogP contribution is 2.27. The maximum Gasteiger partial charge on any atom is 0.161 e. The topological polar surface area (TPSA) is 62.7 Å². The maximum atomic E-state index is 4.89. The Morgan fingerprint density at radius 1 is 1.00 bits per heavy atom. The van der Waals surface area contributed by atoms with Crippen molar-refractivity contribution in [2.45, 2.75) is 25.8 Å². The van der Waals surface area contributed by atoms with Gasteiger partial charge < -0.3 is 10.6 Å². The van der Waals surface area contributed by atoms with E-state index < -0.39 is 0 Å². The number of hydrogen-bond donors (Lipinski definition) is 2. The molecule has 1 aliphatic rings. The van der Waals surface area contributed by atoms with Crippen molar-refractivity contribution in [1.29, 1.82) is 0 Å². The molecule has 132 valence electrons. The highest BCUT2D eigenvalue weighted by atomic mass is 15.1. The van der Waals surface area contributed by atoms with Crippen LogP contribution in [0.25, 0.3) is 11.4 Å². The minimum atomic E-state index is 0.127. The van der Waals surface area contributed by atoms with E-state index in [1.165, 1.54) is 5.56 Å². The van der Waals surface area contributed by atoms with Crippen molar-refractivity contribution in [2.24, 2.45) is 0 Å². The summed E-state index contributed by atoms with van der Waals surface area (Å²) in [4.78, 5) is 14.0. The summed E-state index contributed by atoms with van der Waals surface area (Å²) < 4.78 is 0. The number of hydrogen-bond acceptors (Lipinski definition) is 5. The summed E-state index contributed by atoms with van der Waals surface area (Å²) in [6.07, 6.45) is 5.56. The fourth-order valence-corrected chi connectivity index (χ4v) is 3.30. The summed E-state index contributed by atoms with van der Waals surface area (Å²) in [5, 5.41) is 7.07. The molecular weight excluding hydrogens is 322 g/mol. The Labute approximate surface area is 153 Å². The third kappa shape index (κ3) is 3.58. The summed E-state index contributed by atoms with van der Waals surface area (Å²) in [6.45, 7) is 4.05. The smallest absolute Gasteiger partial charge is 0.161 e. The van der Waals surface area contributed by atoms with Crippen molar-refractivity contribution >= 4 is 5.82 Å². The molecule has 0 bridgehead atoms. The van der Waals surface area contributed by atoms with Gasteiger partial charge in [-0.1, -0.05) is 36.4 Å². The van der Waals surface area contributed by atoms with Crippen LogP contribution in [0.5, 0.6) is 0 Å². The zero-order valence-electron chi connectivity index (χ0n) is 14.9. The second-order valence-corrected chi connectivity index (χ2v) is 6.59. The zero-order chi connectivity index (χ0) is 17.8. The normalized spacial score (nSPS) is 15.0. The van der Waals surface area contributed by atoms with E-state index in [1.807, 2.05) is 30.5 Å². The summed E-state index contributed by atoms with van der Waals surface area (Å²) in [7, 11) is 0. The van der Waals surface area contributed by atoms with Crippen LogP contribution in [-0.4, -0.2) is 28.0 Å². The molecule has 1 unspecified atom stereocenters. The van der Waals surface area contributed by atoms with Crippen molar-refractivity contribution in [1.82, 2.24) is 20.3 Å². The first-order valence-corrected chi connectivity index (χ1v) is 9.13. The van der Waals surface area contributed by atoms with Crippen LogP contribution in [0.1, 0.15) is 29.8 Å². The molecular formula is C21H23N5. The van der Waals surface area contributed by atoms with Crippen LogP contribution in [0.15, 0.2) is 54.9 Å². The van der Waals surface area contributed by atoms with Crippen LogP contribution in [0.2, 0.25) is 0 Å². The predicted octanol–water partition coefficient (Wildman–Crippen LogP) is 3.40. The molecule has 5 nitrogen and oxygen atoms in total. The van der Waals surface area contributed by atoms with Gasteiger partial charge in [0, 0.05) is 36.5 Å². The lowest BCUT2D eigenvalue weighted by atomic mass is 10.1. The summed E-state index contributed by atoms with van der Waals surface area (Å²) in [6, 6.07) is 14.4. The lowest BCUT2D eigenvalue weighted by Crippen LogP contribution is -2.16. The van der Waals surface area contributed by atoms with E-state index >= 15 is 0 Å². The van der Waals surface area contributed by atoms with Gasteiger partial charge in [-0.05, 0) is 31.5 Å². The van der Waals surface area contributed by atoms with Gasteiger partial charge in [-0.25, -0.2) is 9.97 Å². The fourth-order valence-electron chi connectivity index (χ4n) is 3.30. The van der Waals surface area contributed by atoms with Crippen molar-refractivity contribution in [3.8, 4) is 11.4 Å². The minimum Gasteiger partial charge on any atom is -0.363 e. The van der Waals surface area contributed by atoms with E-state index in [2.05, 4.69) is 40.7 Å². The number of fused-ring (bicyclic) bond motifs is 1. The first-order valence-electron chi connectivity index (χ1n) is 9.13. The van der Waals surface area contributed by atoms with Crippen LogP contribution >= 0.6 is 0 Å². The Kier molecular flexibility index (Phi) is 4.88. The molecule has 0 amide bonds. The van der Waals surface area contributed by atoms with Crippen LogP contribution in [0.3, 0.4) is 0 Å². The molecule has 3 heterocycles. The number of anilines is 1. The maximum absolute atomic E-state index is 4.89. The molecule has 0 saturated heterocycles. The second-order valence-electron chi connectivity index (χ2n) is 6.59. The van der Waals surface area contributed by atoms with E-state index in [4.69, 9.17) is 9.97 Å². The second kappa shape index (κ2) is 7.62. The van der Waals surface area contributed by atoms with Gasteiger partial charge >= 0.3 is 0 Å². The lowest BCUT2D eigenvalue weighted by Gasteiger charge is -2.19. The van der Waals surface area contributed by atoms with Crippen molar-refractivity contribution in [3.63, 3.8) is 0 Å². The van der Waals surface area contributed by atoms with Gasteiger partial charge in [0.25, 0.3) is 0 Å². The van der Waals surface area contributed by atoms with Crippen molar-refractivity contribution in [3.05, 3.63) is 71.7 Å². The van der Waals surface area contributed by atoms with E-state index in [0.29, 0.717) is 0 Å². The zero-order valence-corrected chi connectivity index (χ0v) is 14.9. The first-order chi connectivity index (χ1) is 12.8. The van der Waals surface area contributed by atoms with E-state index in [-0.39, 0.29) is 6.04 Å². The summed E-state index contributed by atoms with van der Waals surface area (Å²) >= 11 is 0. The SMILES string of the molecule is CC(Nc1nc(-c2ccccc2)nc2c1CCNCC2)c1cccnc1. The van der Waals surface area contributed by atoms with E-state index in [0.717, 1.165) is 54.4 Å². The number of nitrogens with one attached hydrogen (secondary N) is 2. The quantitative estimate of drug-likeness (QED) is 0.759. The first kappa shape index (κ1) is 16.7. The van der Waals surface area contributed by atoms with Gasteiger partial charge in [0.2, 0.25) is 0 Å². The number of aromatic nitrogens is 3. The van der Waals surface area contributed by atoms with Crippen molar-refractivity contribution in [2.75, 3.05) is 18.4 Å². The van der Waals surface area contributed by atoms with Crippen LogP contribution in [0.4, 0.5) is 5.82 Å². The summed E-state index contributed by atoms with van der Waals surface area (Å²) in [5.74, 6) is 1.72. The molecule has 1 atom stereocenters. The molecule has 3 aromatic rings. The Morgan fingerprint density at radius 3 is 2.65 bits per heavy atom. The monoisotopic (exact) mass is 345 g/mol. The molecule has 2 N–H and O–H groups in total. The van der Waals surface area contributed by atoms with Crippen LogP contribution < -0.4 is 10.6 Å². The molecule has 0 spiro atoms. The fraction of sp³-hybridized carbons (Fsp3) is 0.286. The van der Waals surface area contributed by atoms with E-state index in [1.54, 1.807) is 6.20 Å². The Bertz CT molecular complexity index is 864.